The standard InChI is InChI=1S/C23H14S2/c1-17-6-2-3-7-18(17)10-11-20-12-13-21(24-20)14-15-22-16-19-8-4-5-9-23(19)25-22/h2-9,12-13,16H,1H3. The van der Waals surface area contributed by atoms with Crippen LogP contribution in [0.1, 0.15) is 25.8 Å². The third-order valence-corrected chi connectivity index (χ3v) is 5.75. The SMILES string of the molecule is Cc1ccccc1C#Cc1ccc(C#Cc2cc3ccccc3s2)s1. The molecule has 0 N–H and O–H groups in total. The number of thiophene rings is 2. The van der Waals surface area contributed by atoms with Crippen molar-refractivity contribution >= 4 is 32.8 Å². The van der Waals surface area contributed by atoms with Crippen molar-refractivity contribution in [2.24, 2.45) is 0 Å². The van der Waals surface area contributed by atoms with Crippen LogP contribution in [0.25, 0.3) is 10.1 Å². The van der Waals surface area contributed by atoms with E-state index < -0.39 is 0 Å². The third kappa shape index (κ3) is 3.67. The van der Waals surface area contributed by atoms with Crippen molar-refractivity contribution in [3.8, 4) is 23.7 Å². The van der Waals surface area contributed by atoms with Crippen LogP contribution in [0.3, 0.4) is 0 Å². The van der Waals surface area contributed by atoms with Gasteiger partial charge in [-0.2, -0.15) is 0 Å². The Labute approximate surface area is 155 Å². The van der Waals surface area contributed by atoms with Crippen molar-refractivity contribution in [3.05, 3.63) is 92.5 Å². The van der Waals surface area contributed by atoms with Crippen LogP contribution >= 0.6 is 22.7 Å². The van der Waals surface area contributed by atoms with Crippen molar-refractivity contribution in [2.45, 2.75) is 6.92 Å². The van der Waals surface area contributed by atoms with Gasteiger partial charge >= 0.3 is 0 Å². The summed E-state index contributed by atoms with van der Waals surface area (Å²) in [7, 11) is 0. The van der Waals surface area contributed by atoms with Crippen LogP contribution in [0.2, 0.25) is 0 Å². The molecule has 0 saturated carbocycles. The van der Waals surface area contributed by atoms with Crippen molar-refractivity contribution in [1.82, 2.24) is 0 Å². The molecule has 0 aliphatic heterocycles. The van der Waals surface area contributed by atoms with E-state index in [1.54, 1.807) is 22.7 Å². The predicted molar refractivity (Wildman–Crippen MR) is 109 cm³/mol. The highest BCUT2D eigenvalue weighted by molar-refractivity contribution is 7.19. The Hall–Kier alpha value is -2.78. The maximum atomic E-state index is 3.28. The second-order valence-electron chi connectivity index (χ2n) is 5.63. The Kier molecular flexibility index (Phi) is 4.40. The highest BCUT2D eigenvalue weighted by atomic mass is 32.1. The predicted octanol–water partition coefficient (Wildman–Crippen LogP) is 6.07. The zero-order chi connectivity index (χ0) is 17.1. The minimum atomic E-state index is 1.05. The molecule has 2 heteroatoms. The summed E-state index contributed by atoms with van der Waals surface area (Å²) in [6.45, 7) is 2.08. The van der Waals surface area contributed by atoms with Gasteiger partial charge in [0.15, 0.2) is 0 Å². The Morgan fingerprint density at radius 3 is 2.12 bits per heavy atom. The molecule has 4 aromatic rings. The molecule has 0 aliphatic rings. The average Bonchev–Trinajstić information content (AvgIpc) is 3.25. The summed E-state index contributed by atoms with van der Waals surface area (Å²) < 4.78 is 1.28. The molecule has 2 aromatic heterocycles. The third-order valence-electron chi connectivity index (χ3n) is 3.81. The van der Waals surface area contributed by atoms with Crippen LogP contribution in [-0.4, -0.2) is 0 Å². The van der Waals surface area contributed by atoms with Crippen molar-refractivity contribution in [2.75, 3.05) is 0 Å². The Balaban J connectivity index is 1.56. The van der Waals surface area contributed by atoms with Gasteiger partial charge in [0.2, 0.25) is 0 Å². The summed E-state index contributed by atoms with van der Waals surface area (Å²) in [6.07, 6.45) is 0. The maximum absolute atomic E-state index is 3.28. The fraction of sp³-hybridized carbons (Fsp3) is 0.0435. The Morgan fingerprint density at radius 2 is 1.32 bits per heavy atom. The molecule has 0 nitrogen and oxygen atoms in total. The molecule has 0 saturated heterocycles. The van der Waals surface area contributed by atoms with Crippen LogP contribution < -0.4 is 0 Å². The molecule has 2 aromatic carbocycles. The second-order valence-corrected chi connectivity index (χ2v) is 7.79. The van der Waals surface area contributed by atoms with E-state index in [4.69, 9.17) is 0 Å². The summed E-state index contributed by atoms with van der Waals surface area (Å²) in [5.41, 5.74) is 2.28. The van der Waals surface area contributed by atoms with Crippen molar-refractivity contribution in [3.63, 3.8) is 0 Å². The number of hydrogen-bond acceptors (Lipinski definition) is 2. The smallest absolute Gasteiger partial charge is 0.0785 e. The zero-order valence-electron chi connectivity index (χ0n) is 13.7. The number of fused-ring (bicyclic) bond motifs is 1. The fourth-order valence-corrected chi connectivity index (χ4v) is 4.11. The Morgan fingerprint density at radius 1 is 0.640 bits per heavy atom. The number of aryl methyl sites for hydroxylation is 1. The molecule has 0 aliphatic carbocycles. The van der Waals surface area contributed by atoms with E-state index in [9.17, 15) is 0 Å². The lowest BCUT2D eigenvalue weighted by Gasteiger charge is -1.94. The summed E-state index contributed by atoms with van der Waals surface area (Å²) in [5, 5.41) is 1.26. The lowest BCUT2D eigenvalue weighted by molar-refractivity contribution is 1.44. The monoisotopic (exact) mass is 354 g/mol. The van der Waals surface area contributed by atoms with Crippen molar-refractivity contribution < 1.29 is 0 Å². The van der Waals surface area contributed by atoms with Gasteiger partial charge in [-0.05, 0) is 60.0 Å². The molecule has 0 fully saturated rings. The molecular formula is C23H14S2. The molecule has 0 atom stereocenters. The van der Waals surface area contributed by atoms with Crippen LogP contribution in [0, 0.1) is 30.6 Å². The number of benzene rings is 2. The lowest BCUT2D eigenvalue weighted by atomic mass is 10.1. The quantitative estimate of drug-likeness (QED) is 0.336. The maximum Gasteiger partial charge on any atom is 0.0785 e. The molecular weight excluding hydrogens is 340 g/mol. The van der Waals surface area contributed by atoms with E-state index in [0.29, 0.717) is 0 Å². The van der Waals surface area contributed by atoms with Crippen LogP contribution in [0.5, 0.6) is 0 Å². The Bertz CT molecular complexity index is 1130. The van der Waals surface area contributed by atoms with Crippen molar-refractivity contribution in [1.29, 1.82) is 0 Å². The fourth-order valence-electron chi connectivity index (χ4n) is 2.48. The molecule has 0 radical (unpaired) electrons. The normalized spacial score (nSPS) is 9.96. The number of rotatable bonds is 0. The van der Waals surface area contributed by atoms with E-state index >= 15 is 0 Å². The molecule has 0 unspecified atom stereocenters. The minimum absolute atomic E-state index is 1.05. The summed E-state index contributed by atoms with van der Waals surface area (Å²) in [5.74, 6) is 13.0. The first kappa shape index (κ1) is 15.7. The van der Waals surface area contributed by atoms with Gasteiger partial charge in [0.1, 0.15) is 0 Å². The van der Waals surface area contributed by atoms with Gasteiger partial charge < -0.3 is 0 Å². The largest absolute Gasteiger partial charge is 0.127 e. The molecule has 0 bridgehead atoms. The summed E-state index contributed by atoms with van der Waals surface area (Å²) in [4.78, 5) is 3.19. The molecule has 0 amide bonds. The first-order chi connectivity index (χ1) is 12.3. The van der Waals surface area contributed by atoms with Gasteiger partial charge in [-0.25, -0.2) is 0 Å². The van der Waals surface area contributed by atoms with Gasteiger partial charge in [0.25, 0.3) is 0 Å². The van der Waals surface area contributed by atoms with Crippen LogP contribution in [-0.2, 0) is 0 Å². The second kappa shape index (κ2) is 6.99. The topological polar surface area (TPSA) is 0 Å². The van der Waals surface area contributed by atoms with Crippen LogP contribution in [0.15, 0.2) is 66.7 Å². The van der Waals surface area contributed by atoms with Gasteiger partial charge in [0.05, 0.1) is 14.6 Å². The highest BCUT2D eigenvalue weighted by Crippen LogP contribution is 2.24. The molecule has 4 rings (SSSR count). The van der Waals surface area contributed by atoms with E-state index in [1.165, 1.54) is 15.6 Å². The highest BCUT2D eigenvalue weighted by Gasteiger charge is 1.99. The lowest BCUT2D eigenvalue weighted by Crippen LogP contribution is -1.79. The molecule has 25 heavy (non-hydrogen) atoms. The average molecular weight is 354 g/mol. The van der Waals surface area contributed by atoms with E-state index in [-0.39, 0.29) is 0 Å². The van der Waals surface area contributed by atoms with Gasteiger partial charge in [-0.3, -0.25) is 0 Å². The molecule has 0 spiro atoms. The van der Waals surface area contributed by atoms with Gasteiger partial charge in [0, 0.05) is 10.3 Å². The van der Waals surface area contributed by atoms with Gasteiger partial charge in [-0.15, -0.1) is 22.7 Å². The van der Waals surface area contributed by atoms with Crippen LogP contribution in [0.4, 0.5) is 0 Å². The number of hydrogen-bond donors (Lipinski definition) is 0. The minimum Gasteiger partial charge on any atom is -0.127 e. The van der Waals surface area contributed by atoms with E-state index in [1.807, 2.05) is 24.3 Å². The first-order valence-electron chi connectivity index (χ1n) is 7.96. The summed E-state index contributed by atoms with van der Waals surface area (Å²) >= 11 is 3.38. The van der Waals surface area contributed by atoms with Gasteiger partial charge in [-0.1, -0.05) is 48.2 Å². The molecule has 2 heterocycles. The first-order valence-corrected chi connectivity index (χ1v) is 9.59. The zero-order valence-corrected chi connectivity index (χ0v) is 15.3. The molecule has 118 valence electrons. The van der Waals surface area contributed by atoms with E-state index in [0.717, 1.165) is 20.2 Å². The summed E-state index contributed by atoms with van der Waals surface area (Å²) in [6, 6.07) is 22.8. The van der Waals surface area contributed by atoms with E-state index in [2.05, 4.69) is 73.1 Å².